The fourth-order valence-corrected chi connectivity index (χ4v) is 2.55. The molecular formula is C15H19F2NO2. The molecule has 1 heterocycles. The van der Waals surface area contributed by atoms with E-state index in [1.807, 2.05) is 4.90 Å². The minimum Gasteiger partial charge on any atom is -0.380 e. The Bertz CT molecular complexity index is 493. The van der Waals surface area contributed by atoms with Crippen molar-refractivity contribution in [3.8, 4) is 0 Å². The van der Waals surface area contributed by atoms with Crippen LogP contribution in [0, 0.1) is 17.6 Å². The fraction of sp³-hybridized carbons (Fsp3) is 0.533. The Morgan fingerprint density at radius 2 is 2.20 bits per heavy atom. The van der Waals surface area contributed by atoms with Crippen molar-refractivity contribution < 1.29 is 18.3 Å². The first-order valence-corrected chi connectivity index (χ1v) is 6.74. The lowest BCUT2D eigenvalue weighted by molar-refractivity contribution is -0.00327. The number of likely N-dealkylation sites (tertiary alicyclic amines) is 1. The van der Waals surface area contributed by atoms with Gasteiger partial charge in [-0.05, 0) is 31.0 Å². The molecular weight excluding hydrogens is 264 g/mol. The molecule has 0 radical (unpaired) electrons. The zero-order valence-corrected chi connectivity index (χ0v) is 11.7. The van der Waals surface area contributed by atoms with Crippen LogP contribution in [-0.4, -0.2) is 43.5 Å². The van der Waals surface area contributed by atoms with Crippen molar-refractivity contribution in [3.63, 3.8) is 0 Å². The SMILES string of the molecule is COC1CN(CC(=O)c2ccc(F)cc2F)CCC1C. The lowest BCUT2D eigenvalue weighted by Crippen LogP contribution is -2.45. The first kappa shape index (κ1) is 15.1. The summed E-state index contributed by atoms with van der Waals surface area (Å²) in [7, 11) is 1.66. The van der Waals surface area contributed by atoms with Crippen LogP contribution in [0.4, 0.5) is 8.78 Å². The minimum absolute atomic E-state index is 0.0565. The summed E-state index contributed by atoms with van der Waals surface area (Å²) < 4.78 is 31.8. The summed E-state index contributed by atoms with van der Waals surface area (Å²) in [6, 6.07) is 3.05. The Morgan fingerprint density at radius 3 is 2.85 bits per heavy atom. The summed E-state index contributed by atoms with van der Waals surface area (Å²) in [4.78, 5) is 14.0. The lowest BCUT2D eigenvalue weighted by Gasteiger charge is -2.35. The summed E-state index contributed by atoms with van der Waals surface area (Å²) in [5.74, 6) is -1.35. The molecule has 2 atom stereocenters. The molecule has 0 amide bonds. The standard InChI is InChI=1S/C15H19F2NO2/c1-10-5-6-18(9-15(10)20-2)8-14(19)12-4-3-11(16)7-13(12)17/h3-4,7,10,15H,5-6,8-9H2,1-2H3. The minimum atomic E-state index is -0.802. The van der Waals surface area contributed by atoms with Crippen LogP contribution in [-0.2, 0) is 4.74 Å². The maximum absolute atomic E-state index is 13.6. The van der Waals surface area contributed by atoms with Crippen LogP contribution >= 0.6 is 0 Å². The molecule has 0 N–H and O–H groups in total. The van der Waals surface area contributed by atoms with Crippen LogP contribution in [0.15, 0.2) is 18.2 Å². The van der Waals surface area contributed by atoms with E-state index < -0.39 is 11.6 Å². The number of nitrogens with zero attached hydrogens (tertiary/aromatic N) is 1. The van der Waals surface area contributed by atoms with Gasteiger partial charge in [0, 0.05) is 19.7 Å². The van der Waals surface area contributed by atoms with E-state index in [0.717, 1.165) is 25.1 Å². The summed E-state index contributed by atoms with van der Waals surface area (Å²) in [6.45, 7) is 3.70. The van der Waals surface area contributed by atoms with E-state index >= 15 is 0 Å². The molecule has 1 fully saturated rings. The molecule has 110 valence electrons. The van der Waals surface area contributed by atoms with Crippen molar-refractivity contribution in [2.75, 3.05) is 26.7 Å². The van der Waals surface area contributed by atoms with Gasteiger partial charge in [0.25, 0.3) is 0 Å². The summed E-state index contributed by atoms with van der Waals surface area (Å²) in [5, 5.41) is 0. The van der Waals surface area contributed by atoms with E-state index in [1.54, 1.807) is 7.11 Å². The van der Waals surface area contributed by atoms with Crippen LogP contribution in [0.2, 0.25) is 0 Å². The monoisotopic (exact) mass is 283 g/mol. The Morgan fingerprint density at radius 1 is 1.45 bits per heavy atom. The molecule has 1 saturated heterocycles. The second-order valence-corrected chi connectivity index (χ2v) is 5.32. The molecule has 2 rings (SSSR count). The van der Waals surface area contributed by atoms with Crippen LogP contribution < -0.4 is 0 Å². The largest absolute Gasteiger partial charge is 0.380 e. The van der Waals surface area contributed by atoms with Gasteiger partial charge in [0.1, 0.15) is 11.6 Å². The van der Waals surface area contributed by atoms with Crippen LogP contribution in [0.25, 0.3) is 0 Å². The highest BCUT2D eigenvalue weighted by Gasteiger charge is 2.27. The van der Waals surface area contributed by atoms with E-state index in [2.05, 4.69) is 6.92 Å². The second kappa shape index (κ2) is 6.41. The third-order valence-electron chi connectivity index (χ3n) is 3.87. The van der Waals surface area contributed by atoms with E-state index in [9.17, 15) is 13.6 Å². The summed E-state index contributed by atoms with van der Waals surface area (Å²) >= 11 is 0. The number of Topliss-reactive ketones (excluding diaryl/α,β-unsaturated/α-hetero) is 1. The average Bonchev–Trinajstić information content (AvgIpc) is 2.40. The van der Waals surface area contributed by atoms with E-state index in [1.165, 1.54) is 6.07 Å². The van der Waals surface area contributed by atoms with Gasteiger partial charge in [0.15, 0.2) is 5.78 Å². The van der Waals surface area contributed by atoms with Crippen LogP contribution in [0.1, 0.15) is 23.7 Å². The highest BCUT2D eigenvalue weighted by Crippen LogP contribution is 2.20. The smallest absolute Gasteiger partial charge is 0.179 e. The van der Waals surface area contributed by atoms with Gasteiger partial charge in [-0.3, -0.25) is 9.69 Å². The van der Waals surface area contributed by atoms with E-state index in [0.29, 0.717) is 12.5 Å². The molecule has 0 aromatic heterocycles. The number of ether oxygens (including phenoxy) is 1. The van der Waals surface area contributed by atoms with Gasteiger partial charge in [-0.15, -0.1) is 0 Å². The number of benzene rings is 1. The van der Waals surface area contributed by atoms with Crippen molar-refractivity contribution in [2.24, 2.45) is 5.92 Å². The molecule has 1 aromatic carbocycles. The molecule has 1 aliphatic heterocycles. The number of halogens is 2. The predicted molar refractivity (Wildman–Crippen MR) is 71.7 cm³/mol. The quantitative estimate of drug-likeness (QED) is 0.795. The van der Waals surface area contributed by atoms with Crippen molar-refractivity contribution >= 4 is 5.78 Å². The average molecular weight is 283 g/mol. The Labute approximate surface area is 117 Å². The lowest BCUT2D eigenvalue weighted by atomic mass is 9.95. The molecule has 1 aliphatic rings. The predicted octanol–water partition coefficient (Wildman–Crippen LogP) is 2.50. The first-order valence-electron chi connectivity index (χ1n) is 6.74. The van der Waals surface area contributed by atoms with Gasteiger partial charge in [0.05, 0.1) is 18.2 Å². The summed E-state index contributed by atoms with van der Waals surface area (Å²) in [6.07, 6.45) is 1.03. The van der Waals surface area contributed by atoms with Crippen molar-refractivity contribution in [2.45, 2.75) is 19.4 Å². The van der Waals surface area contributed by atoms with Gasteiger partial charge in [-0.2, -0.15) is 0 Å². The van der Waals surface area contributed by atoms with E-state index in [-0.39, 0.29) is 24.0 Å². The molecule has 0 saturated carbocycles. The van der Waals surface area contributed by atoms with E-state index in [4.69, 9.17) is 4.74 Å². The third kappa shape index (κ3) is 3.41. The number of piperidine rings is 1. The number of carbonyl (C=O) groups is 1. The summed E-state index contributed by atoms with van der Waals surface area (Å²) in [5.41, 5.74) is -0.0565. The Hall–Kier alpha value is -1.33. The first-order chi connectivity index (χ1) is 9.51. The highest BCUT2D eigenvalue weighted by atomic mass is 19.1. The van der Waals surface area contributed by atoms with Crippen LogP contribution in [0.3, 0.4) is 0 Å². The Balaban J connectivity index is 2.01. The Kier molecular flexibility index (Phi) is 4.83. The van der Waals surface area contributed by atoms with Gasteiger partial charge < -0.3 is 4.74 Å². The normalized spacial score (nSPS) is 23.8. The second-order valence-electron chi connectivity index (χ2n) is 5.32. The molecule has 3 nitrogen and oxygen atoms in total. The number of methoxy groups -OCH3 is 1. The van der Waals surface area contributed by atoms with Gasteiger partial charge in [-0.1, -0.05) is 6.92 Å². The zero-order chi connectivity index (χ0) is 14.7. The van der Waals surface area contributed by atoms with Crippen molar-refractivity contribution in [3.05, 3.63) is 35.4 Å². The highest BCUT2D eigenvalue weighted by molar-refractivity contribution is 5.97. The number of hydrogen-bond acceptors (Lipinski definition) is 3. The fourth-order valence-electron chi connectivity index (χ4n) is 2.55. The molecule has 0 bridgehead atoms. The molecule has 2 unspecified atom stereocenters. The molecule has 1 aromatic rings. The topological polar surface area (TPSA) is 29.5 Å². The van der Waals surface area contributed by atoms with Crippen molar-refractivity contribution in [1.29, 1.82) is 0 Å². The van der Waals surface area contributed by atoms with Crippen molar-refractivity contribution in [1.82, 2.24) is 4.90 Å². The number of ketones is 1. The third-order valence-corrected chi connectivity index (χ3v) is 3.87. The maximum Gasteiger partial charge on any atom is 0.179 e. The van der Waals surface area contributed by atoms with Gasteiger partial charge in [0.2, 0.25) is 0 Å². The maximum atomic E-state index is 13.6. The number of rotatable bonds is 4. The van der Waals surface area contributed by atoms with Gasteiger partial charge >= 0.3 is 0 Å². The molecule has 20 heavy (non-hydrogen) atoms. The number of carbonyl (C=O) groups excluding carboxylic acids is 1. The molecule has 0 aliphatic carbocycles. The molecule has 0 spiro atoms. The zero-order valence-electron chi connectivity index (χ0n) is 11.7. The van der Waals surface area contributed by atoms with Gasteiger partial charge in [-0.25, -0.2) is 8.78 Å². The van der Waals surface area contributed by atoms with Crippen LogP contribution in [0.5, 0.6) is 0 Å². The molecule has 5 heteroatoms. The number of hydrogen-bond donors (Lipinski definition) is 0.